The van der Waals surface area contributed by atoms with Crippen LogP contribution in [0.1, 0.15) is 68.8 Å². The molecule has 5 nitrogen and oxygen atoms in total. The highest BCUT2D eigenvalue weighted by molar-refractivity contribution is 5.76. The fourth-order valence-electron chi connectivity index (χ4n) is 6.03. The minimum atomic E-state index is -0.550. The second-order valence-corrected chi connectivity index (χ2v) is 11.2. The average Bonchev–Trinajstić information content (AvgIpc) is 3.62. The molecule has 1 heterocycles. The molecule has 0 aliphatic heterocycles. The number of carbonyl (C=O) groups is 1. The molecule has 0 radical (unpaired) electrons. The molecule has 38 heavy (non-hydrogen) atoms. The monoisotopic (exact) mass is 561 g/mol. The van der Waals surface area contributed by atoms with Crippen LogP contribution in [0.2, 0.25) is 0 Å². The molecule has 5 rings (SSSR count). The third-order valence-electron chi connectivity index (χ3n) is 8.01. The summed E-state index contributed by atoms with van der Waals surface area (Å²) in [7, 11) is 2.14. The van der Waals surface area contributed by atoms with Crippen molar-refractivity contribution in [1.29, 1.82) is 0 Å². The SMILES string of the molecule is CC(C)[C@H]1c2ccc(F)cc2CC[C@@]1(CCN(C)CCCc1nc2ccccc2[nH]1)OC(=O)C1CC1.[Cl-].[Cl-]. The van der Waals surface area contributed by atoms with E-state index in [1.165, 1.54) is 0 Å². The number of aryl methyl sites for hydroxylation is 2. The van der Waals surface area contributed by atoms with Crippen LogP contribution in [0.4, 0.5) is 4.39 Å². The maximum absolute atomic E-state index is 14.0. The molecule has 0 amide bonds. The topological polar surface area (TPSA) is 58.2 Å². The van der Waals surface area contributed by atoms with Crippen molar-refractivity contribution in [3.8, 4) is 0 Å². The van der Waals surface area contributed by atoms with Crippen molar-refractivity contribution >= 4 is 17.0 Å². The first kappa shape index (κ1) is 30.4. The van der Waals surface area contributed by atoms with Crippen molar-refractivity contribution in [3.63, 3.8) is 0 Å². The summed E-state index contributed by atoms with van der Waals surface area (Å²) < 4.78 is 20.4. The highest BCUT2D eigenvalue weighted by atomic mass is 35.5. The number of nitrogens with one attached hydrogen (secondary N) is 1. The number of hydrogen-bond donors (Lipinski definition) is 1. The molecule has 1 fully saturated rings. The molecule has 1 N–H and O–H groups in total. The number of nitrogens with zero attached hydrogens (tertiary/aromatic N) is 2. The molecule has 2 aliphatic rings. The van der Waals surface area contributed by atoms with E-state index in [9.17, 15) is 9.18 Å². The number of rotatable bonds is 10. The number of esters is 1. The van der Waals surface area contributed by atoms with E-state index in [1.54, 1.807) is 12.1 Å². The Balaban J connectivity index is 0.00000200. The van der Waals surface area contributed by atoms with E-state index < -0.39 is 5.60 Å². The zero-order chi connectivity index (χ0) is 25.3. The van der Waals surface area contributed by atoms with E-state index in [0.29, 0.717) is 0 Å². The number of imidazole rings is 1. The summed E-state index contributed by atoms with van der Waals surface area (Å²) in [4.78, 5) is 23.4. The fourth-order valence-corrected chi connectivity index (χ4v) is 6.03. The number of para-hydroxylation sites is 2. The molecular weight excluding hydrogens is 524 g/mol. The Hall–Kier alpha value is -2.15. The Bertz CT molecular complexity index is 1200. The molecule has 1 aromatic heterocycles. The predicted molar refractivity (Wildman–Crippen MR) is 140 cm³/mol. The van der Waals surface area contributed by atoms with Crippen LogP contribution in [0.25, 0.3) is 11.0 Å². The van der Waals surface area contributed by atoms with Crippen LogP contribution in [-0.2, 0) is 22.4 Å². The van der Waals surface area contributed by atoms with Gasteiger partial charge in [-0.3, -0.25) is 4.79 Å². The molecule has 0 unspecified atom stereocenters. The minimum absolute atomic E-state index is 0. The maximum atomic E-state index is 14.0. The smallest absolute Gasteiger partial charge is 0.309 e. The lowest BCUT2D eigenvalue weighted by Crippen LogP contribution is -3.00. The summed E-state index contributed by atoms with van der Waals surface area (Å²) >= 11 is 0. The number of carbonyl (C=O) groups excluding carboxylic acids is 1. The first-order valence-electron chi connectivity index (χ1n) is 13.5. The van der Waals surface area contributed by atoms with Gasteiger partial charge in [0.25, 0.3) is 0 Å². The van der Waals surface area contributed by atoms with Crippen molar-refractivity contribution in [3.05, 3.63) is 65.2 Å². The van der Waals surface area contributed by atoms with Gasteiger partial charge in [-0.25, -0.2) is 9.37 Å². The molecule has 1 saturated carbocycles. The van der Waals surface area contributed by atoms with E-state index in [0.717, 1.165) is 86.0 Å². The number of ether oxygens (including phenoxy) is 1. The van der Waals surface area contributed by atoms with E-state index in [-0.39, 0.29) is 54.4 Å². The lowest BCUT2D eigenvalue weighted by molar-refractivity contribution is -0.169. The van der Waals surface area contributed by atoms with Crippen molar-refractivity contribution in [2.75, 3.05) is 20.1 Å². The summed E-state index contributed by atoms with van der Waals surface area (Å²) in [6.45, 7) is 6.18. The zero-order valence-corrected chi connectivity index (χ0v) is 24.0. The van der Waals surface area contributed by atoms with Gasteiger partial charge in [-0.1, -0.05) is 32.0 Å². The summed E-state index contributed by atoms with van der Waals surface area (Å²) in [6.07, 6.45) is 6.04. The Morgan fingerprint density at radius 1 is 1.18 bits per heavy atom. The Labute approximate surface area is 237 Å². The average molecular weight is 563 g/mol. The maximum Gasteiger partial charge on any atom is 0.309 e. The zero-order valence-electron chi connectivity index (χ0n) is 22.5. The van der Waals surface area contributed by atoms with E-state index in [1.807, 2.05) is 24.3 Å². The number of halogens is 3. The predicted octanol–water partition coefficient (Wildman–Crippen LogP) is 0.0425. The summed E-state index contributed by atoms with van der Waals surface area (Å²) in [5.41, 5.74) is 3.75. The first-order chi connectivity index (χ1) is 17.3. The Kier molecular flexibility index (Phi) is 10.2. The molecule has 3 aromatic rings. The van der Waals surface area contributed by atoms with Gasteiger partial charge in [0.1, 0.15) is 17.2 Å². The molecule has 2 atom stereocenters. The van der Waals surface area contributed by atoms with Gasteiger partial charge in [-0.15, -0.1) is 0 Å². The van der Waals surface area contributed by atoms with Gasteiger partial charge >= 0.3 is 5.97 Å². The number of H-pyrrole nitrogens is 1. The summed E-state index contributed by atoms with van der Waals surface area (Å²) in [5.74, 6) is 1.19. The highest BCUT2D eigenvalue weighted by Gasteiger charge is 2.49. The van der Waals surface area contributed by atoms with Crippen LogP contribution in [0.15, 0.2) is 42.5 Å². The van der Waals surface area contributed by atoms with E-state index >= 15 is 0 Å². The number of aromatic amines is 1. The number of fused-ring (bicyclic) bond motifs is 2. The molecule has 2 aromatic carbocycles. The van der Waals surface area contributed by atoms with Crippen LogP contribution in [0.3, 0.4) is 0 Å². The quantitative estimate of drug-likeness (QED) is 0.355. The summed E-state index contributed by atoms with van der Waals surface area (Å²) in [5, 5.41) is 0. The van der Waals surface area contributed by atoms with Crippen LogP contribution >= 0.6 is 0 Å². The fraction of sp³-hybridized carbons (Fsp3) is 0.533. The van der Waals surface area contributed by atoms with Gasteiger partial charge < -0.3 is 39.4 Å². The molecule has 2 aliphatic carbocycles. The van der Waals surface area contributed by atoms with Gasteiger partial charge in [0.2, 0.25) is 0 Å². The van der Waals surface area contributed by atoms with Gasteiger partial charge in [0.05, 0.1) is 17.0 Å². The van der Waals surface area contributed by atoms with Crippen molar-refractivity contribution in [2.45, 2.75) is 70.3 Å². The molecular formula is C30H38Cl2FN3O2-2. The van der Waals surface area contributed by atoms with Gasteiger partial charge in [-0.05, 0) is 87.0 Å². The third-order valence-corrected chi connectivity index (χ3v) is 8.01. The Morgan fingerprint density at radius 3 is 2.66 bits per heavy atom. The van der Waals surface area contributed by atoms with Crippen LogP contribution in [0.5, 0.6) is 0 Å². The van der Waals surface area contributed by atoms with Gasteiger partial charge in [0, 0.05) is 25.3 Å². The van der Waals surface area contributed by atoms with Gasteiger partial charge in [0.15, 0.2) is 0 Å². The van der Waals surface area contributed by atoms with Crippen LogP contribution in [-0.4, -0.2) is 46.6 Å². The lowest BCUT2D eigenvalue weighted by atomic mass is 9.65. The highest BCUT2D eigenvalue weighted by Crippen LogP contribution is 2.49. The Morgan fingerprint density at radius 2 is 1.95 bits per heavy atom. The molecule has 208 valence electrons. The molecule has 0 saturated heterocycles. The largest absolute Gasteiger partial charge is 1.00 e. The standard InChI is InChI=1S/C30H38FN3O2.2ClH/c1-20(2)28-24-13-12-23(31)19-22(24)14-15-30(28,36-29(35)21-10-11-21)16-18-34(3)17-6-9-27-32-25-7-4-5-8-26(25)33-27;;/h4-5,7-8,12-13,19-21,28H,6,9-11,14-18H2,1-3H3,(H,32,33);2*1H/p-2/t28-,30-;;/m0../s1. The van der Waals surface area contributed by atoms with Gasteiger partial charge in [-0.2, -0.15) is 0 Å². The number of aromatic nitrogens is 2. The van der Waals surface area contributed by atoms with Crippen molar-refractivity contribution in [1.82, 2.24) is 14.9 Å². The normalized spacial score (nSPS) is 20.6. The minimum Gasteiger partial charge on any atom is -1.00 e. The molecule has 8 heteroatoms. The third kappa shape index (κ3) is 6.70. The van der Waals surface area contributed by atoms with Crippen LogP contribution in [0, 0.1) is 17.7 Å². The summed E-state index contributed by atoms with van der Waals surface area (Å²) in [6, 6.07) is 13.3. The van der Waals surface area contributed by atoms with E-state index in [2.05, 4.69) is 36.8 Å². The van der Waals surface area contributed by atoms with Crippen molar-refractivity contribution in [2.24, 2.45) is 11.8 Å². The van der Waals surface area contributed by atoms with Crippen LogP contribution < -0.4 is 24.8 Å². The second kappa shape index (κ2) is 12.8. The lowest BCUT2D eigenvalue weighted by Gasteiger charge is -2.47. The second-order valence-electron chi connectivity index (χ2n) is 11.2. The first-order valence-corrected chi connectivity index (χ1v) is 13.5. The molecule has 0 spiro atoms. The molecule has 0 bridgehead atoms. The van der Waals surface area contributed by atoms with Crippen molar-refractivity contribution < 1.29 is 38.7 Å². The van der Waals surface area contributed by atoms with E-state index in [4.69, 9.17) is 9.72 Å². The number of hydrogen-bond acceptors (Lipinski definition) is 4. The number of benzene rings is 2.